The standard InChI is InChI=1S/C24H15FN2O6S/c1-32-23(31)13-6-4-12(5-7-13)19-18(20(28)16-3-2-10-33-16)21(29)22(30)27(19)24-26-15-9-8-14(25)11-17(15)34-24/h2-11,19,29H,1H3. The molecule has 1 unspecified atom stereocenters. The molecule has 10 heteroatoms. The fraction of sp³-hybridized carbons (Fsp3) is 0.0833. The molecular weight excluding hydrogens is 463 g/mol. The van der Waals surface area contributed by atoms with Crippen molar-refractivity contribution in [1.82, 2.24) is 4.98 Å². The predicted octanol–water partition coefficient (Wildman–Crippen LogP) is 4.60. The van der Waals surface area contributed by atoms with Crippen LogP contribution in [0.25, 0.3) is 10.2 Å². The first-order valence-electron chi connectivity index (χ1n) is 9.98. The lowest BCUT2D eigenvalue weighted by Crippen LogP contribution is -2.31. The van der Waals surface area contributed by atoms with E-state index in [4.69, 9.17) is 9.15 Å². The lowest BCUT2D eigenvalue weighted by Gasteiger charge is -2.24. The van der Waals surface area contributed by atoms with Gasteiger partial charge < -0.3 is 14.3 Å². The van der Waals surface area contributed by atoms with Crippen molar-refractivity contribution in [3.8, 4) is 0 Å². The number of aliphatic hydroxyl groups is 1. The number of ether oxygens (including phenoxy) is 1. The second-order valence-corrected chi connectivity index (χ2v) is 8.38. The molecule has 0 aliphatic carbocycles. The van der Waals surface area contributed by atoms with Crippen molar-refractivity contribution in [2.24, 2.45) is 0 Å². The average Bonchev–Trinajstić information content (AvgIpc) is 3.57. The van der Waals surface area contributed by atoms with E-state index in [0.29, 0.717) is 15.8 Å². The summed E-state index contributed by atoms with van der Waals surface area (Å²) in [5.41, 5.74) is 0.964. The van der Waals surface area contributed by atoms with Crippen LogP contribution in [0.4, 0.5) is 9.52 Å². The van der Waals surface area contributed by atoms with Gasteiger partial charge >= 0.3 is 5.97 Å². The summed E-state index contributed by atoms with van der Waals surface area (Å²) < 4.78 is 24.1. The number of amides is 1. The van der Waals surface area contributed by atoms with Gasteiger partial charge in [0.2, 0.25) is 5.78 Å². The molecule has 2 aromatic heterocycles. The molecule has 0 radical (unpaired) electrons. The van der Waals surface area contributed by atoms with Gasteiger partial charge in [0.25, 0.3) is 5.91 Å². The van der Waals surface area contributed by atoms with Crippen molar-refractivity contribution in [3.63, 3.8) is 0 Å². The Hall–Kier alpha value is -4.31. The van der Waals surface area contributed by atoms with E-state index in [9.17, 15) is 23.9 Å². The fourth-order valence-corrected chi connectivity index (χ4v) is 4.82. The van der Waals surface area contributed by atoms with Crippen LogP contribution in [0.1, 0.15) is 32.5 Å². The smallest absolute Gasteiger partial charge is 0.337 e. The van der Waals surface area contributed by atoms with Gasteiger partial charge in [0.15, 0.2) is 16.7 Å². The first kappa shape index (κ1) is 21.5. The second kappa shape index (κ2) is 8.23. The van der Waals surface area contributed by atoms with E-state index in [1.807, 2.05) is 0 Å². The van der Waals surface area contributed by atoms with E-state index in [1.54, 1.807) is 12.1 Å². The van der Waals surface area contributed by atoms with Crippen LogP contribution in [0.2, 0.25) is 0 Å². The van der Waals surface area contributed by atoms with E-state index in [1.165, 1.54) is 60.7 Å². The number of carbonyl (C=O) groups is 3. The summed E-state index contributed by atoms with van der Waals surface area (Å²) in [6.45, 7) is 0. The molecule has 0 fully saturated rings. The SMILES string of the molecule is COC(=O)c1ccc(C2C(C(=O)c3ccco3)=C(O)C(=O)N2c2nc3ccc(F)cc3s2)cc1. The van der Waals surface area contributed by atoms with E-state index in [-0.39, 0.29) is 22.0 Å². The zero-order chi connectivity index (χ0) is 24.0. The van der Waals surface area contributed by atoms with Gasteiger partial charge in [-0.1, -0.05) is 23.5 Å². The number of aromatic nitrogens is 1. The van der Waals surface area contributed by atoms with Crippen molar-refractivity contribution in [3.05, 3.63) is 94.9 Å². The van der Waals surface area contributed by atoms with E-state index < -0.39 is 35.3 Å². The molecule has 1 amide bonds. The van der Waals surface area contributed by atoms with Crippen molar-refractivity contribution < 1.29 is 33.0 Å². The molecule has 5 rings (SSSR count). The lowest BCUT2D eigenvalue weighted by atomic mass is 9.94. The number of fused-ring (bicyclic) bond motifs is 1. The first-order valence-corrected chi connectivity index (χ1v) is 10.8. The molecule has 0 saturated heterocycles. The number of aliphatic hydroxyl groups excluding tert-OH is 1. The topological polar surface area (TPSA) is 110 Å². The molecule has 1 N–H and O–H groups in total. The third kappa shape index (κ3) is 3.44. The summed E-state index contributed by atoms with van der Waals surface area (Å²) >= 11 is 1.04. The van der Waals surface area contributed by atoms with Crippen molar-refractivity contribution >= 4 is 44.3 Å². The highest BCUT2D eigenvalue weighted by atomic mass is 32.1. The summed E-state index contributed by atoms with van der Waals surface area (Å²) in [6.07, 6.45) is 1.31. The number of thiazole rings is 1. The van der Waals surface area contributed by atoms with Crippen molar-refractivity contribution in [2.75, 3.05) is 12.0 Å². The molecule has 0 spiro atoms. The maximum Gasteiger partial charge on any atom is 0.337 e. The Bertz CT molecular complexity index is 1470. The predicted molar refractivity (Wildman–Crippen MR) is 120 cm³/mol. The van der Waals surface area contributed by atoms with E-state index >= 15 is 0 Å². The number of nitrogens with zero attached hydrogens (tertiary/aromatic N) is 2. The molecule has 4 aromatic rings. The number of hydrogen-bond acceptors (Lipinski definition) is 8. The zero-order valence-electron chi connectivity index (χ0n) is 17.5. The third-order valence-electron chi connectivity index (χ3n) is 5.39. The number of halogens is 1. The Labute approximate surface area is 195 Å². The van der Waals surface area contributed by atoms with Crippen LogP contribution in [0.5, 0.6) is 0 Å². The fourth-order valence-electron chi connectivity index (χ4n) is 3.80. The van der Waals surface area contributed by atoms with Crippen LogP contribution >= 0.6 is 11.3 Å². The van der Waals surface area contributed by atoms with E-state index in [0.717, 1.165) is 11.3 Å². The number of esters is 1. The summed E-state index contributed by atoms with van der Waals surface area (Å²) in [7, 11) is 1.25. The minimum absolute atomic E-state index is 0.0567. The summed E-state index contributed by atoms with van der Waals surface area (Å²) in [6, 6.07) is 12.0. The number of carbonyl (C=O) groups excluding carboxylic acids is 3. The Kier molecular flexibility index (Phi) is 5.21. The Morgan fingerprint density at radius 3 is 2.62 bits per heavy atom. The van der Waals surface area contributed by atoms with Gasteiger partial charge in [-0.3, -0.25) is 14.5 Å². The number of ketones is 1. The van der Waals surface area contributed by atoms with Crippen LogP contribution in [0, 0.1) is 5.82 Å². The number of methoxy groups -OCH3 is 1. The highest BCUT2D eigenvalue weighted by Gasteiger charge is 2.46. The maximum absolute atomic E-state index is 13.7. The highest BCUT2D eigenvalue weighted by Crippen LogP contribution is 2.44. The van der Waals surface area contributed by atoms with Crippen LogP contribution in [0.3, 0.4) is 0 Å². The van der Waals surface area contributed by atoms with Crippen molar-refractivity contribution in [1.29, 1.82) is 0 Å². The maximum atomic E-state index is 13.7. The summed E-state index contributed by atoms with van der Waals surface area (Å²) in [4.78, 5) is 43.9. The quantitative estimate of drug-likeness (QED) is 0.330. The normalized spacial score (nSPS) is 15.9. The summed E-state index contributed by atoms with van der Waals surface area (Å²) in [5, 5.41) is 10.9. The molecule has 1 aliphatic rings. The molecule has 8 nitrogen and oxygen atoms in total. The molecule has 1 atom stereocenters. The molecule has 2 aromatic carbocycles. The number of hydrogen-bond donors (Lipinski definition) is 1. The molecule has 170 valence electrons. The number of benzene rings is 2. The van der Waals surface area contributed by atoms with Gasteiger partial charge in [-0.05, 0) is 48.0 Å². The van der Waals surface area contributed by atoms with Gasteiger partial charge in [-0.25, -0.2) is 14.2 Å². The van der Waals surface area contributed by atoms with Gasteiger partial charge in [-0.15, -0.1) is 0 Å². The van der Waals surface area contributed by atoms with Crippen LogP contribution < -0.4 is 4.90 Å². The third-order valence-corrected chi connectivity index (χ3v) is 6.41. The Balaban J connectivity index is 1.66. The summed E-state index contributed by atoms with van der Waals surface area (Å²) in [5.74, 6) is -3.32. The van der Waals surface area contributed by atoms with Crippen LogP contribution in [-0.4, -0.2) is 34.9 Å². The van der Waals surface area contributed by atoms with Crippen LogP contribution in [0.15, 0.2) is 76.6 Å². The Morgan fingerprint density at radius 1 is 1.18 bits per heavy atom. The Morgan fingerprint density at radius 2 is 1.94 bits per heavy atom. The molecule has 34 heavy (non-hydrogen) atoms. The monoisotopic (exact) mass is 478 g/mol. The van der Waals surface area contributed by atoms with E-state index in [2.05, 4.69) is 4.98 Å². The molecule has 0 bridgehead atoms. The number of Topliss-reactive ketones (excluding diaryl/α,β-unsaturated/α-hetero) is 1. The lowest BCUT2D eigenvalue weighted by molar-refractivity contribution is -0.117. The molecule has 1 aliphatic heterocycles. The largest absolute Gasteiger partial charge is 0.503 e. The first-order chi connectivity index (χ1) is 16.4. The van der Waals surface area contributed by atoms with Gasteiger partial charge in [0, 0.05) is 0 Å². The van der Waals surface area contributed by atoms with Crippen LogP contribution in [-0.2, 0) is 9.53 Å². The van der Waals surface area contributed by atoms with Gasteiger partial charge in [0.05, 0.1) is 40.8 Å². The van der Waals surface area contributed by atoms with Crippen molar-refractivity contribution in [2.45, 2.75) is 6.04 Å². The zero-order valence-corrected chi connectivity index (χ0v) is 18.3. The highest BCUT2D eigenvalue weighted by molar-refractivity contribution is 7.22. The van der Waals surface area contributed by atoms with Gasteiger partial charge in [-0.2, -0.15) is 0 Å². The second-order valence-electron chi connectivity index (χ2n) is 7.37. The number of rotatable bonds is 5. The molecule has 0 saturated carbocycles. The molecular formula is C24H15FN2O6S. The minimum atomic E-state index is -1.07. The van der Waals surface area contributed by atoms with Gasteiger partial charge in [0.1, 0.15) is 5.82 Å². The number of furan rings is 1. The molecule has 3 heterocycles. The average molecular weight is 478 g/mol. The number of anilines is 1. The minimum Gasteiger partial charge on any atom is -0.503 e.